The molecule has 0 radical (unpaired) electrons. The van der Waals surface area contributed by atoms with E-state index in [-0.39, 0.29) is 23.8 Å². The van der Waals surface area contributed by atoms with Crippen molar-refractivity contribution in [2.75, 3.05) is 25.5 Å². The molecule has 14 heteroatoms. The fraction of sp³-hybridized carbons (Fsp3) is 0.409. The third-order valence-electron chi connectivity index (χ3n) is 5.56. The summed E-state index contributed by atoms with van der Waals surface area (Å²) in [7, 11) is 1.54. The number of piperidine rings is 1. The van der Waals surface area contributed by atoms with Crippen molar-refractivity contribution < 1.29 is 26.7 Å². The summed E-state index contributed by atoms with van der Waals surface area (Å²) in [6.45, 7) is 0.469. The number of hydrogen-bond donors (Lipinski definition) is 3. The number of alkyl halides is 5. The Labute approximate surface area is 208 Å². The van der Waals surface area contributed by atoms with Crippen LogP contribution in [-0.4, -0.2) is 63.6 Å². The molecule has 2 atom stereocenters. The summed E-state index contributed by atoms with van der Waals surface area (Å²) in [5, 5.41) is 14.2. The van der Waals surface area contributed by atoms with Crippen molar-refractivity contribution in [2.45, 2.75) is 31.5 Å². The zero-order valence-electron chi connectivity index (χ0n) is 19.2. The first-order chi connectivity index (χ1) is 16.8. The normalized spacial score (nSPS) is 20.1. The number of rotatable bonds is 7. The number of nitrogens with one attached hydrogen (secondary N) is 3. The van der Waals surface area contributed by atoms with Gasteiger partial charge in [-0.25, -0.2) is 18.7 Å². The van der Waals surface area contributed by atoms with E-state index in [1.807, 2.05) is 0 Å². The van der Waals surface area contributed by atoms with Gasteiger partial charge in [0.05, 0.1) is 23.8 Å². The van der Waals surface area contributed by atoms with Crippen molar-refractivity contribution >= 4 is 34.7 Å². The highest BCUT2D eigenvalue weighted by atomic mass is 35.5. The van der Waals surface area contributed by atoms with E-state index in [2.05, 4.69) is 25.6 Å². The van der Waals surface area contributed by atoms with Gasteiger partial charge >= 0.3 is 6.18 Å². The SMILES string of the molecule is CN/C=C(\C(=N)C(=O)N1CC(F)(F)CC(C)C1CNc1ncc(C(F)(F)F)cn1)c1cc(Cl)ccn1. The summed E-state index contributed by atoms with van der Waals surface area (Å²) in [6.07, 6.45) is -1.21. The van der Waals surface area contributed by atoms with Gasteiger partial charge in [0.1, 0.15) is 5.71 Å². The maximum Gasteiger partial charge on any atom is 0.419 e. The van der Waals surface area contributed by atoms with Gasteiger partial charge in [-0.2, -0.15) is 13.2 Å². The molecule has 0 saturated carbocycles. The van der Waals surface area contributed by atoms with Crippen molar-refractivity contribution in [3.8, 4) is 0 Å². The maximum absolute atomic E-state index is 14.5. The smallest absolute Gasteiger partial charge is 0.393 e. The lowest BCUT2D eigenvalue weighted by Gasteiger charge is -2.43. The summed E-state index contributed by atoms with van der Waals surface area (Å²) in [5.41, 5.74) is -1.38. The fourth-order valence-electron chi connectivity index (χ4n) is 3.87. The Bertz CT molecular complexity index is 1140. The Hall–Kier alpha value is -3.35. The van der Waals surface area contributed by atoms with Gasteiger partial charge in [0, 0.05) is 55.4 Å². The average molecular weight is 532 g/mol. The van der Waals surface area contributed by atoms with Crippen LogP contribution in [0, 0.1) is 11.3 Å². The van der Waals surface area contributed by atoms with Crippen LogP contribution in [-0.2, 0) is 11.0 Å². The molecule has 2 unspecified atom stereocenters. The predicted molar refractivity (Wildman–Crippen MR) is 124 cm³/mol. The Morgan fingerprint density at radius 2 is 1.97 bits per heavy atom. The van der Waals surface area contributed by atoms with Gasteiger partial charge in [-0.05, 0) is 18.1 Å². The van der Waals surface area contributed by atoms with Gasteiger partial charge in [-0.1, -0.05) is 18.5 Å². The Morgan fingerprint density at radius 1 is 1.31 bits per heavy atom. The molecule has 8 nitrogen and oxygen atoms in total. The van der Waals surface area contributed by atoms with Crippen LogP contribution in [0.25, 0.3) is 5.57 Å². The van der Waals surface area contributed by atoms with Crippen LogP contribution in [0.3, 0.4) is 0 Å². The highest BCUT2D eigenvalue weighted by Gasteiger charge is 2.47. The predicted octanol–water partition coefficient (Wildman–Crippen LogP) is 4.11. The van der Waals surface area contributed by atoms with Crippen LogP contribution in [0.1, 0.15) is 24.6 Å². The number of likely N-dealkylation sites (tertiary alicyclic amines) is 1. The molecule has 1 amide bonds. The molecule has 3 N–H and O–H groups in total. The lowest BCUT2D eigenvalue weighted by atomic mass is 9.87. The molecule has 0 spiro atoms. The summed E-state index contributed by atoms with van der Waals surface area (Å²) in [4.78, 5) is 25.6. The average Bonchev–Trinajstić information content (AvgIpc) is 2.80. The molecule has 1 aliphatic rings. The third kappa shape index (κ3) is 6.45. The van der Waals surface area contributed by atoms with E-state index in [1.165, 1.54) is 38.5 Å². The molecule has 0 bridgehead atoms. The zero-order chi connectivity index (χ0) is 26.7. The number of carbonyl (C=O) groups is 1. The van der Waals surface area contributed by atoms with Crippen LogP contribution in [0.2, 0.25) is 5.02 Å². The summed E-state index contributed by atoms with van der Waals surface area (Å²) in [6, 6.07) is 2.11. The van der Waals surface area contributed by atoms with Crippen LogP contribution >= 0.6 is 11.6 Å². The number of carbonyl (C=O) groups excluding carboxylic acids is 1. The topological polar surface area (TPSA) is 107 Å². The van der Waals surface area contributed by atoms with E-state index in [9.17, 15) is 26.7 Å². The van der Waals surface area contributed by atoms with E-state index in [0.29, 0.717) is 17.4 Å². The summed E-state index contributed by atoms with van der Waals surface area (Å²) < 4.78 is 67.2. The Balaban J connectivity index is 1.84. The molecule has 3 rings (SSSR count). The summed E-state index contributed by atoms with van der Waals surface area (Å²) >= 11 is 6.00. The van der Waals surface area contributed by atoms with Gasteiger partial charge in [0.25, 0.3) is 11.8 Å². The van der Waals surface area contributed by atoms with Crippen molar-refractivity contribution in [3.63, 3.8) is 0 Å². The highest BCUT2D eigenvalue weighted by Crippen LogP contribution is 2.35. The number of pyridine rings is 1. The quantitative estimate of drug-likeness (QED) is 0.367. The minimum Gasteiger partial charge on any atom is -0.393 e. The molecule has 2 aromatic heterocycles. The lowest BCUT2D eigenvalue weighted by Crippen LogP contribution is -2.59. The number of amides is 1. The summed E-state index contributed by atoms with van der Waals surface area (Å²) in [5.74, 6) is -5.04. The number of nitrogens with zero attached hydrogens (tertiary/aromatic N) is 4. The van der Waals surface area contributed by atoms with Crippen LogP contribution < -0.4 is 10.6 Å². The molecule has 36 heavy (non-hydrogen) atoms. The second-order valence-corrected chi connectivity index (χ2v) is 8.73. The minimum atomic E-state index is -4.61. The van der Waals surface area contributed by atoms with Gasteiger partial charge in [-0.15, -0.1) is 0 Å². The van der Waals surface area contributed by atoms with E-state index >= 15 is 0 Å². The van der Waals surface area contributed by atoms with Gasteiger partial charge in [0.2, 0.25) is 5.95 Å². The third-order valence-corrected chi connectivity index (χ3v) is 5.79. The monoisotopic (exact) mass is 531 g/mol. The molecular formula is C22H23ClF5N7O. The first-order valence-electron chi connectivity index (χ1n) is 10.7. The molecule has 2 aromatic rings. The van der Waals surface area contributed by atoms with E-state index < -0.39 is 54.2 Å². The largest absolute Gasteiger partial charge is 0.419 e. The molecular weight excluding hydrogens is 509 g/mol. The first kappa shape index (κ1) is 27.2. The van der Waals surface area contributed by atoms with Crippen molar-refractivity contribution in [1.82, 2.24) is 25.2 Å². The number of halogens is 6. The molecule has 0 aliphatic carbocycles. The van der Waals surface area contributed by atoms with Crippen LogP contribution in [0.4, 0.5) is 27.9 Å². The van der Waals surface area contributed by atoms with E-state index in [4.69, 9.17) is 17.0 Å². The zero-order valence-corrected chi connectivity index (χ0v) is 20.0. The van der Waals surface area contributed by atoms with Crippen molar-refractivity contribution in [3.05, 3.63) is 53.2 Å². The van der Waals surface area contributed by atoms with E-state index in [0.717, 1.165) is 4.90 Å². The van der Waals surface area contributed by atoms with Crippen LogP contribution in [0.5, 0.6) is 0 Å². The van der Waals surface area contributed by atoms with Crippen LogP contribution in [0.15, 0.2) is 36.9 Å². The minimum absolute atomic E-state index is 0.0457. The van der Waals surface area contributed by atoms with E-state index in [1.54, 1.807) is 0 Å². The molecule has 1 fully saturated rings. The molecule has 1 aliphatic heterocycles. The number of hydrogen-bond acceptors (Lipinski definition) is 7. The fourth-order valence-corrected chi connectivity index (χ4v) is 4.03. The van der Waals surface area contributed by atoms with Crippen molar-refractivity contribution in [2.24, 2.45) is 5.92 Å². The lowest BCUT2D eigenvalue weighted by molar-refractivity contribution is -0.145. The standard InChI is InChI=1S/C22H23ClF5N7O/c1-12-6-21(24,25)11-35(17(12)10-34-20-32-7-13(8-33-20)22(26,27)28)19(36)18(29)15(9-30-2)16-5-14(23)3-4-31-16/h3-5,7-9,12,17,29-30H,6,10-11H2,1-2H3,(H,32,33,34)/b15-9-,29-18?. The number of aromatic nitrogens is 3. The molecule has 194 valence electrons. The molecule has 3 heterocycles. The van der Waals surface area contributed by atoms with Crippen molar-refractivity contribution in [1.29, 1.82) is 5.41 Å². The Kier molecular flexibility index (Phi) is 8.12. The second-order valence-electron chi connectivity index (χ2n) is 8.29. The van der Waals surface area contributed by atoms with Gasteiger partial charge < -0.3 is 15.5 Å². The van der Waals surface area contributed by atoms with Gasteiger partial charge in [-0.3, -0.25) is 15.2 Å². The second kappa shape index (κ2) is 10.7. The van der Waals surface area contributed by atoms with Gasteiger partial charge in [0.15, 0.2) is 0 Å². The Morgan fingerprint density at radius 3 is 2.56 bits per heavy atom. The molecule has 0 aromatic carbocycles. The number of anilines is 1. The maximum atomic E-state index is 14.5. The highest BCUT2D eigenvalue weighted by molar-refractivity contribution is 6.54. The first-order valence-corrected chi connectivity index (χ1v) is 11.1. The molecule has 1 saturated heterocycles.